The van der Waals surface area contributed by atoms with E-state index in [2.05, 4.69) is 10.6 Å². The van der Waals surface area contributed by atoms with Crippen molar-refractivity contribution in [2.75, 3.05) is 30.5 Å². The molecular formula is C19H18N2O6. The summed E-state index contributed by atoms with van der Waals surface area (Å²) in [7, 11) is 0. The molecule has 2 N–H and O–H groups in total. The van der Waals surface area contributed by atoms with Gasteiger partial charge in [0.15, 0.2) is 13.2 Å². The van der Waals surface area contributed by atoms with Gasteiger partial charge in [-0.1, -0.05) is 0 Å². The van der Waals surface area contributed by atoms with Crippen molar-refractivity contribution in [3.8, 4) is 11.5 Å². The summed E-state index contributed by atoms with van der Waals surface area (Å²) >= 11 is 0. The zero-order valence-corrected chi connectivity index (χ0v) is 14.6. The molecule has 0 radical (unpaired) electrons. The first-order chi connectivity index (χ1) is 13.0. The van der Waals surface area contributed by atoms with Gasteiger partial charge in [0, 0.05) is 11.8 Å². The summed E-state index contributed by atoms with van der Waals surface area (Å²) in [5, 5.41) is 5.34. The molecule has 0 aliphatic carbocycles. The van der Waals surface area contributed by atoms with Gasteiger partial charge in [-0.3, -0.25) is 9.59 Å². The average molecular weight is 370 g/mol. The summed E-state index contributed by atoms with van der Waals surface area (Å²) in [6, 6.07) is 11.3. The van der Waals surface area contributed by atoms with E-state index in [1.165, 1.54) is 0 Å². The molecule has 0 spiro atoms. The van der Waals surface area contributed by atoms with Crippen LogP contribution in [0.15, 0.2) is 42.5 Å². The molecule has 0 saturated heterocycles. The van der Waals surface area contributed by atoms with E-state index in [9.17, 15) is 14.4 Å². The molecule has 1 aliphatic rings. The number of esters is 1. The Kier molecular flexibility index (Phi) is 5.55. The maximum atomic E-state index is 12.0. The van der Waals surface area contributed by atoms with Crippen LogP contribution in [-0.2, 0) is 14.3 Å². The molecule has 1 aliphatic heterocycles. The van der Waals surface area contributed by atoms with Crippen LogP contribution in [0, 0.1) is 0 Å². The number of carbonyl (C=O) groups is 3. The number of carbonyl (C=O) groups excluding carboxylic acids is 3. The molecule has 0 bridgehead atoms. The van der Waals surface area contributed by atoms with Gasteiger partial charge in [-0.15, -0.1) is 0 Å². The molecule has 0 fully saturated rings. The lowest BCUT2D eigenvalue weighted by atomic mass is 10.2. The fraction of sp³-hybridized carbons (Fsp3) is 0.211. The van der Waals surface area contributed by atoms with Gasteiger partial charge in [-0.25, -0.2) is 4.79 Å². The first kappa shape index (κ1) is 18.2. The van der Waals surface area contributed by atoms with E-state index < -0.39 is 5.97 Å². The Morgan fingerprint density at radius 3 is 2.70 bits per heavy atom. The first-order valence-electron chi connectivity index (χ1n) is 8.31. The smallest absolute Gasteiger partial charge is 0.338 e. The van der Waals surface area contributed by atoms with Gasteiger partial charge in [0.25, 0.3) is 11.8 Å². The second-order valence-electron chi connectivity index (χ2n) is 5.63. The number of hydrogen-bond acceptors (Lipinski definition) is 6. The molecule has 140 valence electrons. The third kappa shape index (κ3) is 4.75. The van der Waals surface area contributed by atoms with E-state index in [-0.39, 0.29) is 25.0 Å². The molecule has 2 amide bonds. The molecule has 27 heavy (non-hydrogen) atoms. The minimum Gasteiger partial charge on any atom is -0.484 e. The zero-order valence-electron chi connectivity index (χ0n) is 14.6. The number of amides is 2. The number of rotatable bonds is 6. The highest BCUT2D eigenvalue weighted by molar-refractivity contribution is 5.96. The van der Waals surface area contributed by atoms with Crippen molar-refractivity contribution in [3.05, 3.63) is 48.0 Å². The molecule has 1 heterocycles. The molecule has 0 atom stereocenters. The number of nitrogens with one attached hydrogen (secondary N) is 2. The Hall–Kier alpha value is -3.55. The van der Waals surface area contributed by atoms with Crippen LogP contribution >= 0.6 is 0 Å². The van der Waals surface area contributed by atoms with Gasteiger partial charge >= 0.3 is 5.97 Å². The average Bonchev–Trinajstić information content (AvgIpc) is 2.66. The van der Waals surface area contributed by atoms with Crippen molar-refractivity contribution < 1.29 is 28.6 Å². The van der Waals surface area contributed by atoms with Crippen LogP contribution in [0.1, 0.15) is 17.3 Å². The van der Waals surface area contributed by atoms with Gasteiger partial charge in [0.1, 0.15) is 11.5 Å². The number of anilines is 2. The highest BCUT2D eigenvalue weighted by Crippen LogP contribution is 2.31. The van der Waals surface area contributed by atoms with E-state index >= 15 is 0 Å². The maximum Gasteiger partial charge on any atom is 0.338 e. The lowest BCUT2D eigenvalue weighted by Gasteiger charge is -2.18. The summed E-state index contributed by atoms with van der Waals surface area (Å²) in [6.07, 6.45) is 0. The summed E-state index contributed by atoms with van der Waals surface area (Å²) in [6.45, 7) is 1.79. The number of benzene rings is 2. The lowest BCUT2D eigenvalue weighted by Crippen LogP contribution is -2.25. The van der Waals surface area contributed by atoms with Crippen LogP contribution in [0.2, 0.25) is 0 Å². The van der Waals surface area contributed by atoms with Gasteiger partial charge in [0.05, 0.1) is 17.9 Å². The summed E-state index contributed by atoms with van der Waals surface area (Å²) in [4.78, 5) is 35.0. The van der Waals surface area contributed by atoms with E-state index in [4.69, 9.17) is 14.2 Å². The molecule has 3 rings (SSSR count). The van der Waals surface area contributed by atoms with Crippen molar-refractivity contribution in [2.24, 2.45) is 0 Å². The normalized spacial score (nSPS) is 12.3. The third-order valence-corrected chi connectivity index (χ3v) is 3.63. The highest BCUT2D eigenvalue weighted by Gasteiger charge is 2.16. The van der Waals surface area contributed by atoms with Gasteiger partial charge < -0.3 is 24.8 Å². The summed E-state index contributed by atoms with van der Waals surface area (Å²) in [5.74, 6) is -0.0526. The summed E-state index contributed by atoms with van der Waals surface area (Å²) < 4.78 is 15.6. The van der Waals surface area contributed by atoms with Crippen molar-refractivity contribution in [1.29, 1.82) is 0 Å². The quantitative estimate of drug-likeness (QED) is 0.756. The Morgan fingerprint density at radius 1 is 1.19 bits per heavy atom. The molecule has 0 unspecified atom stereocenters. The third-order valence-electron chi connectivity index (χ3n) is 3.63. The standard InChI is InChI=1S/C19H18N2O6/c1-2-25-19(24)12-3-5-13(6-4-12)20-17(22)10-26-14-7-8-16-15(9-14)21-18(23)11-27-16/h3-9H,2,10-11H2,1H3,(H,20,22)(H,21,23). The minimum atomic E-state index is -0.415. The van der Waals surface area contributed by atoms with Crippen LogP contribution in [0.25, 0.3) is 0 Å². The van der Waals surface area contributed by atoms with E-state index in [1.54, 1.807) is 49.4 Å². The molecule has 0 saturated carbocycles. The van der Waals surface area contributed by atoms with Gasteiger partial charge in [0.2, 0.25) is 0 Å². The van der Waals surface area contributed by atoms with Crippen LogP contribution in [0.3, 0.4) is 0 Å². The summed E-state index contributed by atoms with van der Waals surface area (Å²) in [5.41, 5.74) is 1.44. The number of ether oxygens (including phenoxy) is 3. The van der Waals surface area contributed by atoms with Crippen molar-refractivity contribution in [3.63, 3.8) is 0 Å². The molecule has 0 aromatic heterocycles. The second kappa shape index (κ2) is 8.22. The molecule has 2 aromatic carbocycles. The van der Waals surface area contributed by atoms with Crippen LogP contribution in [0.5, 0.6) is 11.5 Å². The lowest BCUT2D eigenvalue weighted by molar-refractivity contribution is -0.119. The Bertz CT molecular complexity index is 863. The van der Waals surface area contributed by atoms with Crippen LogP contribution < -0.4 is 20.1 Å². The van der Waals surface area contributed by atoms with Crippen LogP contribution in [0.4, 0.5) is 11.4 Å². The monoisotopic (exact) mass is 370 g/mol. The number of hydrogen-bond donors (Lipinski definition) is 2. The van der Waals surface area contributed by atoms with Crippen molar-refractivity contribution in [1.82, 2.24) is 0 Å². The van der Waals surface area contributed by atoms with E-state index in [0.29, 0.717) is 35.0 Å². The molecule has 2 aromatic rings. The largest absolute Gasteiger partial charge is 0.484 e. The van der Waals surface area contributed by atoms with Crippen molar-refractivity contribution >= 4 is 29.2 Å². The Labute approximate surface area is 155 Å². The van der Waals surface area contributed by atoms with Gasteiger partial charge in [-0.05, 0) is 43.3 Å². The predicted molar refractivity (Wildman–Crippen MR) is 97.1 cm³/mol. The predicted octanol–water partition coefficient (Wildman–Crippen LogP) is 2.21. The van der Waals surface area contributed by atoms with Crippen molar-refractivity contribution in [2.45, 2.75) is 6.92 Å². The van der Waals surface area contributed by atoms with E-state index in [1.807, 2.05) is 0 Å². The zero-order chi connectivity index (χ0) is 19.2. The minimum absolute atomic E-state index is 0.0232. The van der Waals surface area contributed by atoms with Crippen LogP contribution in [-0.4, -0.2) is 37.6 Å². The van der Waals surface area contributed by atoms with Gasteiger partial charge in [-0.2, -0.15) is 0 Å². The first-order valence-corrected chi connectivity index (χ1v) is 8.31. The molecule has 8 nitrogen and oxygen atoms in total. The SMILES string of the molecule is CCOC(=O)c1ccc(NC(=O)COc2ccc3c(c2)NC(=O)CO3)cc1. The topological polar surface area (TPSA) is 103 Å². The Morgan fingerprint density at radius 2 is 1.96 bits per heavy atom. The fourth-order valence-electron chi connectivity index (χ4n) is 2.40. The Balaban J connectivity index is 1.53. The molecule has 8 heteroatoms. The highest BCUT2D eigenvalue weighted by atomic mass is 16.5. The fourth-order valence-corrected chi connectivity index (χ4v) is 2.40. The van der Waals surface area contributed by atoms with E-state index in [0.717, 1.165) is 0 Å². The molecular weight excluding hydrogens is 352 g/mol. The number of fused-ring (bicyclic) bond motifs is 1. The second-order valence-corrected chi connectivity index (χ2v) is 5.63. The maximum absolute atomic E-state index is 12.0.